The summed E-state index contributed by atoms with van der Waals surface area (Å²) >= 11 is 0. The van der Waals surface area contributed by atoms with Crippen molar-refractivity contribution in [1.29, 1.82) is 0 Å². The van der Waals surface area contributed by atoms with Gasteiger partial charge in [0.25, 0.3) is 11.8 Å². The normalized spacial score (nSPS) is 19.4. The molecule has 0 saturated carbocycles. The van der Waals surface area contributed by atoms with Gasteiger partial charge in [0.2, 0.25) is 5.66 Å². The quantitative estimate of drug-likeness (QED) is 0.701. The van der Waals surface area contributed by atoms with Gasteiger partial charge in [-0.15, -0.1) is 0 Å². The molecule has 6 nitrogen and oxygen atoms in total. The summed E-state index contributed by atoms with van der Waals surface area (Å²) in [6.45, 7) is 0. The van der Waals surface area contributed by atoms with E-state index in [1.54, 1.807) is 42.5 Å². The number of amides is 2. The molecule has 144 valence electrons. The van der Waals surface area contributed by atoms with E-state index in [0.29, 0.717) is 33.9 Å². The Kier molecular flexibility index (Phi) is 3.61. The van der Waals surface area contributed by atoms with E-state index in [0.717, 1.165) is 0 Å². The first-order valence-corrected chi connectivity index (χ1v) is 9.02. The molecule has 7 heteroatoms. The number of rotatable bonds is 2. The maximum Gasteiger partial charge on any atom is 0.276 e. The van der Waals surface area contributed by atoms with Crippen LogP contribution in [0.1, 0.15) is 15.9 Å². The van der Waals surface area contributed by atoms with Crippen molar-refractivity contribution in [1.82, 2.24) is 0 Å². The minimum absolute atomic E-state index is 0.357. The topological polar surface area (TPSA) is 70.7 Å². The second-order valence-corrected chi connectivity index (χ2v) is 6.86. The van der Waals surface area contributed by atoms with Gasteiger partial charge in [0, 0.05) is 23.0 Å². The first kappa shape index (κ1) is 17.2. The van der Waals surface area contributed by atoms with Crippen LogP contribution in [0.25, 0.3) is 0 Å². The number of carbonyl (C=O) groups is 2. The van der Waals surface area contributed by atoms with Crippen LogP contribution in [0.15, 0.2) is 66.7 Å². The number of halogens is 1. The Labute approximate surface area is 165 Å². The molecule has 2 aliphatic rings. The fourth-order valence-electron chi connectivity index (χ4n) is 3.95. The van der Waals surface area contributed by atoms with Gasteiger partial charge in [-0.05, 0) is 48.5 Å². The van der Waals surface area contributed by atoms with Crippen molar-refractivity contribution in [3.63, 3.8) is 0 Å². The average Bonchev–Trinajstić information content (AvgIpc) is 3.00. The van der Waals surface area contributed by atoms with Gasteiger partial charge in [-0.25, -0.2) is 4.39 Å². The first-order valence-electron chi connectivity index (χ1n) is 9.02. The second kappa shape index (κ2) is 6.07. The Morgan fingerprint density at radius 2 is 1.72 bits per heavy atom. The monoisotopic (exact) mass is 389 g/mol. The Morgan fingerprint density at radius 1 is 0.966 bits per heavy atom. The summed E-state index contributed by atoms with van der Waals surface area (Å²) in [5.41, 5.74) is 0.992. The number of carbonyl (C=O) groups excluding carboxylic acids is 2. The van der Waals surface area contributed by atoms with Gasteiger partial charge in [-0.1, -0.05) is 12.1 Å². The molecule has 0 unspecified atom stereocenters. The van der Waals surface area contributed by atoms with E-state index >= 15 is 0 Å². The maximum atomic E-state index is 13.5. The lowest BCUT2D eigenvalue weighted by molar-refractivity contribution is -0.119. The highest BCUT2D eigenvalue weighted by Gasteiger charge is 2.57. The summed E-state index contributed by atoms with van der Waals surface area (Å²) in [7, 11) is 1.54. The number of hydrogen-bond donors (Lipinski definition) is 2. The predicted molar refractivity (Wildman–Crippen MR) is 107 cm³/mol. The van der Waals surface area contributed by atoms with E-state index in [9.17, 15) is 14.0 Å². The lowest BCUT2D eigenvalue weighted by atomic mass is 9.92. The molecule has 1 atom stereocenters. The molecule has 0 aromatic heterocycles. The zero-order valence-corrected chi connectivity index (χ0v) is 15.4. The van der Waals surface area contributed by atoms with E-state index in [-0.39, 0.29) is 5.91 Å². The van der Waals surface area contributed by atoms with Gasteiger partial charge in [-0.3, -0.25) is 14.5 Å². The third-order valence-corrected chi connectivity index (χ3v) is 5.29. The molecule has 0 saturated heterocycles. The van der Waals surface area contributed by atoms with Crippen molar-refractivity contribution < 1.29 is 18.7 Å². The lowest BCUT2D eigenvalue weighted by Gasteiger charge is -2.44. The van der Waals surface area contributed by atoms with Gasteiger partial charge in [0.1, 0.15) is 11.6 Å². The van der Waals surface area contributed by atoms with Crippen LogP contribution in [0.2, 0.25) is 0 Å². The van der Waals surface area contributed by atoms with Gasteiger partial charge in [0.15, 0.2) is 0 Å². The molecule has 2 heterocycles. The predicted octanol–water partition coefficient (Wildman–Crippen LogP) is 3.71. The van der Waals surface area contributed by atoms with Gasteiger partial charge >= 0.3 is 0 Å². The highest BCUT2D eigenvalue weighted by molar-refractivity contribution is 6.22. The molecule has 2 amide bonds. The van der Waals surface area contributed by atoms with E-state index in [4.69, 9.17) is 4.74 Å². The van der Waals surface area contributed by atoms with Crippen molar-refractivity contribution in [2.75, 3.05) is 22.6 Å². The zero-order valence-electron chi connectivity index (χ0n) is 15.4. The van der Waals surface area contributed by atoms with E-state index in [2.05, 4.69) is 10.6 Å². The Bertz CT molecular complexity index is 1160. The van der Waals surface area contributed by atoms with Crippen molar-refractivity contribution in [2.24, 2.45) is 0 Å². The average molecular weight is 389 g/mol. The summed E-state index contributed by atoms with van der Waals surface area (Å²) < 4.78 is 18.8. The largest absolute Gasteiger partial charge is 0.497 e. The number of nitrogens with one attached hydrogen (secondary N) is 2. The van der Waals surface area contributed by atoms with E-state index < -0.39 is 17.4 Å². The van der Waals surface area contributed by atoms with Crippen LogP contribution in [0, 0.1) is 5.82 Å². The molecule has 29 heavy (non-hydrogen) atoms. The molecule has 0 aliphatic carbocycles. The van der Waals surface area contributed by atoms with Crippen LogP contribution in [-0.2, 0) is 10.5 Å². The van der Waals surface area contributed by atoms with Crippen LogP contribution in [0.5, 0.6) is 5.75 Å². The SMILES string of the molecule is COc1ccc2c(c1)NC(=O)[C@@]21Nc2ccccc2C(=O)N1c1ccc(F)cc1. The van der Waals surface area contributed by atoms with Crippen molar-refractivity contribution in [2.45, 2.75) is 5.66 Å². The fourth-order valence-corrected chi connectivity index (χ4v) is 3.95. The van der Waals surface area contributed by atoms with E-state index in [1.807, 2.05) is 0 Å². The highest BCUT2D eigenvalue weighted by atomic mass is 19.1. The Hall–Kier alpha value is -3.87. The summed E-state index contributed by atoms with van der Waals surface area (Å²) in [6.07, 6.45) is 0. The van der Waals surface area contributed by atoms with E-state index in [1.165, 1.54) is 36.3 Å². The molecule has 0 radical (unpaired) electrons. The number of benzene rings is 3. The standard InChI is InChI=1S/C22H16FN3O3/c1-29-15-10-11-17-19(12-15)24-21(28)22(17)25-18-5-3-2-4-16(18)20(27)26(22)14-8-6-13(23)7-9-14/h2-12,25H,1H3,(H,24,28)/t22-/m1/s1. The fraction of sp³-hybridized carbons (Fsp3) is 0.0909. The highest BCUT2D eigenvalue weighted by Crippen LogP contribution is 2.48. The first-order chi connectivity index (χ1) is 14.0. The van der Waals surface area contributed by atoms with Gasteiger partial charge in [0.05, 0.1) is 18.4 Å². The van der Waals surface area contributed by atoms with Crippen LogP contribution in [0.3, 0.4) is 0 Å². The van der Waals surface area contributed by atoms with Crippen LogP contribution < -0.4 is 20.3 Å². The number of nitrogens with zero attached hydrogens (tertiary/aromatic N) is 1. The molecule has 3 aromatic rings. The van der Waals surface area contributed by atoms with Crippen molar-refractivity contribution >= 4 is 28.9 Å². The smallest absolute Gasteiger partial charge is 0.276 e. The summed E-state index contributed by atoms with van der Waals surface area (Å²) in [4.78, 5) is 28.2. The second-order valence-electron chi connectivity index (χ2n) is 6.86. The minimum Gasteiger partial charge on any atom is -0.497 e. The third-order valence-electron chi connectivity index (χ3n) is 5.29. The lowest BCUT2D eigenvalue weighted by Crippen LogP contribution is -2.61. The van der Waals surface area contributed by atoms with Crippen LogP contribution in [0.4, 0.5) is 21.5 Å². The molecular weight excluding hydrogens is 373 g/mol. The summed E-state index contributed by atoms with van der Waals surface area (Å²) in [5, 5.41) is 6.11. The Balaban J connectivity index is 1.79. The van der Waals surface area contributed by atoms with Crippen LogP contribution >= 0.6 is 0 Å². The maximum absolute atomic E-state index is 13.5. The Morgan fingerprint density at radius 3 is 2.48 bits per heavy atom. The van der Waals surface area contributed by atoms with Crippen molar-refractivity contribution in [3.8, 4) is 5.75 Å². The molecule has 5 rings (SSSR count). The number of anilines is 3. The van der Waals surface area contributed by atoms with Gasteiger partial charge < -0.3 is 15.4 Å². The molecule has 1 spiro atoms. The third kappa shape index (κ3) is 2.34. The summed E-state index contributed by atoms with van der Waals surface area (Å²) in [6, 6.07) is 17.7. The zero-order chi connectivity index (χ0) is 20.2. The van der Waals surface area contributed by atoms with Gasteiger partial charge in [-0.2, -0.15) is 0 Å². The number of methoxy groups -OCH3 is 1. The minimum atomic E-state index is -1.51. The molecular formula is C22H16FN3O3. The molecule has 3 aromatic carbocycles. The molecule has 2 N–H and O–H groups in total. The number of para-hydroxylation sites is 1. The number of fused-ring (bicyclic) bond motifs is 3. The number of ether oxygens (including phenoxy) is 1. The molecule has 2 aliphatic heterocycles. The summed E-state index contributed by atoms with van der Waals surface area (Å²) in [5.74, 6) is -0.615. The van der Waals surface area contributed by atoms with Crippen LogP contribution in [-0.4, -0.2) is 18.9 Å². The molecule has 0 fully saturated rings. The number of hydrogen-bond acceptors (Lipinski definition) is 4. The van der Waals surface area contributed by atoms with Crippen molar-refractivity contribution in [3.05, 3.63) is 83.7 Å². The molecule has 0 bridgehead atoms.